The minimum atomic E-state index is -1.07. The lowest BCUT2D eigenvalue weighted by Gasteiger charge is -2.25. The Bertz CT molecular complexity index is 885. The van der Waals surface area contributed by atoms with E-state index in [4.69, 9.17) is 0 Å². The number of nitrogens with zero attached hydrogens (tertiary/aromatic N) is 1. The Kier molecular flexibility index (Phi) is 6.50. The molecule has 0 fully saturated rings. The number of H-pyrrole nitrogens is 1. The molecule has 2 aromatic rings. The van der Waals surface area contributed by atoms with Crippen LogP contribution in [0.4, 0.5) is 5.69 Å². The molecule has 7 heteroatoms. The summed E-state index contributed by atoms with van der Waals surface area (Å²) in [5, 5.41) is 12.2. The molecule has 0 aliphatic rings. The van der Waals surface area contributed by atoms with E-state index in [-0.39, 0.29) is 17.9 Å². The third-order valence-electron chi connectivity index (χ3n) is 4.88. The van der Waals surface area contributed by atoms with Gasteiger partial charge in [0, 0.05) is 29.4 Å². The lowest BCUT2D eigenvalue weighted by Crippen LogP contribution is -2.34. The van der Waals surface area contributed by atoms with Crippen LogP contribution in [0.25, 0.3) is 11.4 Å². The first kappa shape index (κ1) is 20.4. The molecule has 0 unspecified atom stereocenters. The number of aromatic amines is 1. The number of carbonyl (C=O) groups is 2. The molecule has 2 rings (SSSR count). The topological polar surface area (TPSA) is 112 Å². The monoisotopic (exact) mass is 371 g/mol. The zero-order valence-electron chi connectivity index (χ0n) is 15.8. The van der Waals surface area contributed by atoms with Crippen LogP contribution in [0.15, 0.2) is 35.1 Å². The van der Waals surface area contributed by atoms with Crippen LogP contribution in [0.1, 0.15) is 45.7 Å². The van der Waals surface area contributed by atoms with E-state index < -0.39 is 11.4 Å². The molecule has 0 atom stereocenters. The molecule has 1 aromatic heterocycles. The fourth-order valence-electron chi connectivity index (χ4n) is 2.96. The van der Waals surface area contributed by atoms with E-state index >= 15 is 0 Å². The van der Waals surface area contributed by atoms with Crippen molar-refractivity contribution in [3.63, 3.8) is 0 Å². The van der Waals surface area contributed by atoms with Gasteiger partial charge in [-0.05, 0) is 31.4 Å². The fraction of sp³-hybridized carbons (Fsp3) is 0.400. The van der Waals surface area contributed by atoms with Crippen LogP contribution in [0.5, 0.6) is 0 Å². The summed E-state index contributed by atoms with van der Waals surface area (Å²) >= 11 is 0. The predicted molar refractivity (Wildman–Crippen MR) is 104 cm³/mol. The van der Waals surface area contributed by atoms with Crippen molar-refractivity contribution in [2.45, 2.75) is 46.5 Å². The third kappa shape index (κ3) is 4.81. The van der Waals surface area contributed by atoms with Gasteiger partial charge in [0.15, 0.2) is 0 Å². The van der Waals surface area contributed by atoms with Crippen molar-refractivity contribution in [2.24, 2.45) is 5.41 Å². The molecule has 27 heavy (non-hydrogen) atoms. The van der Waals surface area contributed by atoms with E-state index in [2.05, 4.69) is 15.3 Å². The van der Waals surface area contributed by atoms with Crippen molar-refractivity contribution in [3.8, 4) is 11.4 Å². The molecular weight excluding hydrogens is 346 g/mol. The molecule has 1 aromatic carbocycles. The van der Waals surface area contributed by atoms with Crippen LogP contribution >= 0.6 is 0 Å². The number of carbonyl (C=O) groups excluding carboxylic acids is 1. The molecule has 7 nitrogen and oxygen atoms in total. The summed E-state index contributed by atoms with van der Waals surface area (Å²) in [7, 11) is 0. The minimum absolute atomic E-state index is 0.0973. The molecule has 1 heterocycles. The average Bonchev–Trinajstić information content (AvgIpc) is 2.65. The standard InChI is InChI=1S/C20H25N3O4/c1-4-14-11-16(24)23-18(22-14)13-8-7-9-15(10-13)21-17(25)12-20(5-2,6-3)19(26)27/h7-11H,4-6,12H2,1-3H3,(H,21,25)(H,26,27)(H,22,23,24). The highest BCUT2D eigenvalue weighted by atomic mass is 16.4. The van der Waals surface area contributed by atoms with Crippen LogP contribution in [-0.2, 0) is 16.0 Å². The number of amides is 1. The number of hydrogen-bond donors (Lipinski definition) is 3. The molecule has 144 valence electrons. The number of aromatic nitrogens is 2. The Morgan fingerprint density at radius 2 is 1.89 bits per heavy atom. The van der Waals surface area contributed by atoms with Crippen molar-refractivity contribution in [1.82, 2.24) is 9.97 Å². The molecule has 0 saturated carbocycles. The quantitative estimate of drug-likeness (QED) is 0.659. The van der Waals surface area contributed by atoms with Crippen LogP contribution in [0.3, 0.4) is 0 Å². The van der Waals surface area contributed by atoms with Crippen molar-refractivity contribution >= 4 is 17.6 Å². The van der Waals surface area contributed by atoms with Crippen molar-refractivity contribution in [1.29, 1.82) is 0 Å². The van der Waals surface area contributed by atoms with Gasteiger partial charge < -0.3 is 15.4 Å². The van der Waals surface area contributed by atoms with E-state index in [9.17, 15) is 19.5 Å². The Balaban J connectivity index is 2.23. The summed E-state index contributed by atoms with van der Waals surface area (Å²) in [6, 6.07) is 8.40. The maximum Gasteiger partial charge on any atom is 0.310 e. The van der Waals surface area contributed by atoms with Gasteiger partial charge in [0.25, 0.3) is 5.56 Å². The summed E-state index contributed by atoms with van der Waals surface area (Å²) in [6.45, 7) is 5.46. The highest BCUT2D eigenvalue weighted by molar-refractivity contribution is 5.94. The molecule has 3 N–H and O–H groups in total. The Hall–Kier alpha value is -2.96. The van der Waals surface area contributed by atoms with Gasteiger partial charge in [-0.3, -0.25) is 14.4 Å². The van der Waals surface area contributed by atoms with E-state index in [0.717, 1.165) is 0 Å². The maximum absolute atomic E-state index is 12.4. The Morgan fingerprint density at radius 3 is 2.48 bits per heavy atom. The van der Waals surface area contributed by atoms with Crippen molar-refractivity contribution in [3.05, 3.63) is 46.4 Å². The smallest absolute Gasteiger partial charge is 0.310 e. The summed E-state index contributed by atoms with van der Waals surface area (Å²) < 4.78 is 0. The fourth-order valence-corrected chi connectivity index (χ4v) is 2.96. The number of carboxylic acid groups (broad SMARTS) is 1. The molecular formula is C20H25N3O4. The summed E-state index contributed by atoms with van der Waals surface area (Å²) in [4.78, 5) is 42.9. The number of hydrogen-bond acceptors (Lipinski definition) is 4. The van der Waals surface area contributed by atoms with Crippen molar-refractivity contribution in [2.75, 3.05) is 5.32 Å². The number of nitrogens with one attached hydrogen (secondary N) is 2. The second-order valence-electron chi connectivity index (χ2n) is 6.54. The molecule has 0 aliphatic heterocycles. The van der Waals surface area contributed by atoms with Gasteiger partial charge in [0.1, 0.15) is 5.82 Å². The number of aliphatic carboxylic acids is 1. The summed E-state index contributed by atoms with van der Waals surface area (Å²) in [6.07, 6.45) is 1.29. The Labute approximate surface area is 157 Å². The second-order valence-corrected chi connectivity index (χ2v) is 6.54. The van der Waals surface area contributed by atoms with E-state index in [1.807, 2.05) is 6.92 Å². The van der Waals surface area contributed by atoms with Crippen LogP contribution < -0.4 is 10.9 Å². The highest BCUT2D eigenvalue weighted by Crippen LogP contribution is 2.31. The normalized spacial score (nSPS) is 11.2. The van der Waals surface area contributed by atoms with Gasteiger partial charge in [-0.15, -0.1) is 0 Å². The van der Waals surface area contributed by atoms with Crippen molar-refractivity contribution < 1.29 is 14.7 Å². The number of anilines is 1. The SMILES string of the molecule is CCc1cc(=O)[nH]c(-c2cccc(NC(=O)CC(CC)(CC)C(=O)O)c2)n1. The largest absolute Gasteiger partial charge is 0.481 e. The molecule has 0 aliphatic carbocycles. The summed E-state index contributed by atoms with van der Waals surface area (Å²) in [5.74, 6) is -0.894. The van der Waals surface area contributed by atoms with Gasteiger partial charge in [-0.1, -0.05) is 32.9 Å². The van der Waals surface area contributed by atoms with E-state index in [0.29, 0.717) is 42.0 Å². The molecule has 0 bridgehead atoms. The zero-order chi connectivity index (χ0) is 20.0. The highest BCUT2D eigenvalue weighted by Gasteiger charge is 2.37. The lowest BCUT2D eigenvalue weighted by molar-refractivity contribution is -0.151. The van der Waals surface area contributed by atoms with Gasteiger partial charge in [-0.2, -0.15) is 0 Å². The first-order valence-corrected chi connectivity index (χ1v) is 9.07. The first-order valence-electron chi connectivity index (χ1n) is 9.07. The van der Waals surface area contributed by atoms with Crippen LogP contribution in [0, 0.1) is 5.41 Å². The molecule has 0 spiro atoms. The Morgan fingerprint density at radius 1 is 1.19 bits per heavy atom. The van der Waals surface area contributed by atoms with E-state index in [1.54, 1.807) is 38.1 Å². The zero-order valence-corrected chi connectivity index (χ0v) is 15.8. The van der Waals surface area contributed by atoms with Gasteiger partial charge >= 0.3 is 5.97 Å². The molecule has 1 amide bonds. The third-order valence-corrected chi connectivity index (χ3v) is 4.88. The van der Waals surface area contributed by atoms with Gasteiger partial charge in [-0.25, -0.2) is 4.98 Å². The molecule has 0 radical (unpaired) electrons. The average molecular weight is 371 g/mol. The lowest BCUT2D eigenvalue weighted by atomic mass is 9.79. The predicted octanol–water partition coefficient (Wildman–Crippen LogP) is 3.22. The number of aryl methyl sites for hydroxylation is 1. The maximum atomic E-state index is 12.4. The minimum Gasteiger partial charge on any atom is -0.481 e. The first-order chi connectivity index (χ1) is 12.8. The number of benzene rings is 1. The number of carboxylic acids is 1. The number of rotatable bonds is 8. The van der Waals surface area contributed by atoms with Crippen LogP contribution in [0.2, 0.25) is 0 Å². The summed E-state index contributed by atoms with van der Waals surface area (Å²) in [5.41, 5.74) is 0.567. The van der Waals surface area contributed by atoms with Gasteiger partial charge in [0.2, 0.25) is 5.91 Å². The van der Waals surface area contributed by atoms with E-state index in [1.165, 1.54) is 6.07 Å². The van der Waals surface area contributed by atoms with Gasteiger partial charge in [0.05, 0.1) is 5.41 Å². The van der Waals surface area contributed by atoms with Crippen LogP contribution in [-0.4, -0.2) is 27.0 Å². The second kappa shape index (κ2) is 8.62. The molecule has 0 saturated heterocycles.